The molecule has 2 heterocycles. The van der Waals surface area contributed by atoms with Crippen LogP contribution in [0.4, 0.5) is 5.69 Å². The summed E-state index contributed by atoms with van der Waals surface area (Å²) in [5.74, 6) is 0.632. The average Bonchev–Trinajstić information content (AvgIpc) is 3.14. The second-order valence-corrected chi connectivity index (χ2v) is 6.17. The Morgan fingerprint density at radius 2 is 2.35 bits per heavy atom. The maximum atomic E-state index is 4.42. The Hall–Kier alpha value is -1.39. The molecule has 2 aromatic rings. The highest BCUT2D eigenvalue weighted by Crippen LogP contribution is 2.33. The van der Waals surface area contributed by atoms with Crippen LogP contribution in [0, 0.1) is 0 Å². The third-order valence-corrected chi connectivity index (χ3v) is 4.87. The first-order chi connectivity index (χ1) is 9.88. The van der Waals surface area contributed by atoms with Crippen molar-refractivity contribution in [1.82, 2.24) is 10.3 Å². The number of anilines is 1. The number of nitrogens with one attached hydrogen (secondary N) is 2. The number of rotatable bonds is 6. The number of para-hydroxylation sites is 1. The summed E-state index contributed by atoms with van der Waals surface area (Å²) in [6.45, 7) is 4.32. The molecule has 0 amide bonds. The molecule has 0 aliphatic carbocycles. The molecular weight excluding hydrogens is 266 g/mol. The zero-order valence-electron chi connectivity index (χ0n) is 11.8. The van der Waals surface area contributed by atoms with E-state index in [2.05, 4.69) is 52.2 Å². The van der Waals surface area contributed by atoms with Crippen LogP contribution in [0.5, 0.6) is 0 Å². The summed E-state index contributed by atoms with van der Waals surface area (Å²) in [7, 11) is 0. The first kappa shape index (κ1) is 13.6. The van der Waals surface area contributed by atoms with E-state index in [-0.39, 0.29) is 0 Å². The Morgan fingerprint density at radius 1 is 1.45 bits per heavy atom. The molecule has 106 valence electrons. The molecule has 3 rings (SSSR count). The smallest absolute Gasteiger partial charge is 0.109 e. The minimum absolute atomic E-state index is 0.402. The van der Waals surface area contributed by atoms with Crippen LogP contribution in [0.3, 0.4) is 0 Å². The van der Waals surface area contributed by atoms with Crippen molar-refractivity contribution in [3.8, 4) is 0 Å². The average molecular weight is 287 g/mol. The Balaban J connectivity index is 1.53. The lowest BCUT2D eigenvalue weighted by Gasteiger charge is -2.16. The number of aromatic nitrogens is 1. The van der Waals surface area contributed by atoms with Crippen LogP contribution < -0.4 is 10.6 Å². The van der Waals surface area contributed by atoms with Crippen molar-refractivity contribution in [2.45, 2.75) is 31.7 Å². The van der Waals surface area contributed by atoms with Crippen LogP contribution in [0.25, 0.3) is 0 Å². The third-order valence-electron chi connectivity index (χ3n) is 3.98. The van der Waals surface area contributed by atoms with Crippen LogP contribution in [0.2, 0.25) is 0 Å². The Labute approximate surface area is 124 Å². The van der Waals surface area contributed by atoms with E-state index in [1.165, 1.54) is 22.7 Å². The van der Waals surface area contributed by atoms with Gasteiger partial charge in [0, 0.05) is 29.7 Å². The highest BCUT2D eigenvalue weighted by atomic mass is 32.1. The predicted molar refractivity (Wildman–Crippen MR) is 85.4 cm³/mol. The van der Waals surface area contributed by atoms with E-state index in [9.17, 15) is 0 Å². The van der Waals surface area contributed by atoms with Crippen LogP contribution in [0.1, 0.15) is 42.3 Å². The second kappa shape index (κ2) is 6.37. The molecule has 4 heteroatoms. The number of hydrogen-bond acceptors (Lipinski definition) is 4. The molecule has 20 heavy (non-hydrogen) atoms. The fourth-order valence-corrected chi connectivity index (χ4v) is 3.66. The van der Waals surface area contributed by atoms with Gasteiger partial charge in [-0.2, -0.15) is 0 Å². The van der Waals surface area contributed by atoms with Crippen molar-refractivity contribution in [2.24, 2.45) is 0 Å². The molecule has 0 saturated heterocycles. The maximum absolute atomic E-state index is 4.42. The monoisotopic (exact) mass is 287 g/mol. The topological polar surface area (TPSA) is 37.0 Å². The molecule has 2 atom stereocenters. The van der Waals surface area contributed by atoms with Crippen molar-refractivity contribution in [1.29, 1.82) is 0 Å². The van der Waals surface area contributed by atoms with Crippen molar-refractivity contribution in [2.75, 3.05) is 18.4 Å². The Kier molecular flexibility index (Phi) is 4.33. The summed E-state index contributed by atoms with van der Waals surface area (Å²) in [6.07, 6.45) is 4.15. The summed E-state index contributed by atoms with van der Waals surface area (Å²) < 4.78 is 0. The maximum Gasteiger partial charge on any atom is 0.109 e. The van der Waals surface area contributed by atoms with Gasteiger partial charge < -0.3 is 10.6 Å². The van der Waals surface area contributed by atoms with Gasteiger partial charge in [0.25, 0.3) is 0 Å². The summed E-state index contributed by atoms with van der Waals surface area (Å²) in [4.78, 5) is 4.42. The van der Waals surface area contributed by atoms with E-state index in [4.69, 9.17) is 0 Å². The summed E-state index contributed by atoms with van der Waals surface area (Å²) in [5.41, 5.74) is 2.78. The van der Waals surface area contributed by atoms with E-state index in [0.29, 0.717) is 12.0 Å². The second-order valence-electron chi connectivity index (χ2n) is 5.24. The summed E-state index contributed by atoms with van der Waals surface area (Å²) >= 11 is 1.74. The molecular formula is C16H21N3S. The SMILES string of the molecule is CCC(NCCC1CNc2ccccc21)c1nccs1. The molecule has 2 unspecified atom stereocenters. The fraction of sp³-hybridized carbons (Fsp3) is 0.438. The van der Waals surface area contributed by atoms with Crippen LogP contribution in [-0.2, 0) is 0 Å². The van der Waals surface area contributed by atoms with Crippen LogP contribution >= 0.6 is 11.3 Å². The number of benzene rings is 1. The Bertz CT molecular complexity index is 538. The van der Waals surface area contributed by atoms with Crippen molar-refractivity contribution >= 4 is 17.0 Å². The molecule has 1 aliphatic rings. The first-order valence-corrected chi connectivity index (χ1v) is 8.22. The van der Waals surface area contributed by atoms with Crippen LogP contribution in [0.15, 0.2) is 35.8 Å². The highest BCUT2D eigenvalue weighted by Gasteiger charge is 2.21. The zero-order valence-corrected chi connectivity index (χ0v) is 12.6. The fourth-order valence-electron chi connectivity index (χ4n) is 2.86. The van der Waals surface area contributed by atoms with Gasteiger partial charge in [0.05, 0.1) is 6.04 Å². The predicted octanol–water partition coefficient (Wildman–Crippen LogP) is 3.78. The molecule has 2 N–H and O–H groups in total. The first-order valence-electron chi connectivity index (χ1n) is 7.34. The van der Waals surface area contributed by atoms with Gasteiger partial charge >= 0.3 is 0 Å². The van der Waals surface area contributed by atoms with Gasteiger partial charge in [-0.3, -0.25) is 0 Å². The van der Waals surface area contributed by atoms with E-state index in [0.717, 1.165) is 19.5 Å². The quantitative estimate of drug-likeness (QED) is 0.849. The molecule has 1 aromatic carbocycles. The molecule has 0 saturated carbocycles. The van der Waals surface area contributed by atoms with Gasteiger partial charge in [-0.15, -0.1) is 11.3 Å². The molecule has 0 bridgehead atoms. The van der Waals surface area contributed by atoms with Crippen molar-refractivity contribution < 1.29 is 0 Å². The van der Waals surface area contributed by atoms with Gasteiger partial charge in [-0.25, -0.2) is 4.98 Å². The minimum atomic E-state index is 0.402. The number of nitrogens with zero attached hydrogens (tertiary/aromatic N) is 1. The minimum Gasteiger partial charge on any atom is -0.384 e. The van der Waals surface area contributed by atoms with Crippen molar-refractivity contribution in [3.05, 3.63) is 46.4 Å². The molecule has 0 fully saturated rings. The molecule has 0 radical (unpaired) electrons. The number of thiazole rings is 1. The molecule has 1 aromatic heterocycles. The van der Waals surface area contributed by atoms with Gasteiger partial charge in [-0.05, 0) is 31.0 Å². The summed E-state index contributed by atoms with van der Waals surface area (Å²) in [5, 5.41) is 10.4. The standard InChI is InChI=1S/C16H21N3S/c1-2-14(16-18-9-10-20-16)17-8-7-12-11-19-15-6-4-3-5-13(12)15/h3-6,9-10,12,14,17,19H,2,7-8,11H2,1H3. The normalized spacial score (nSPS) is 18.6. The van der Waals surface area contributed by atoms with E-state index < -0.39 is 0 Å². The largest absolute Gasteiger partial charge is 0.384 e. The van der Waals surface area contributed by atoms with Gasteiger partial charge in [0.15, 0.2) is 0 Å². The Morgan fingerprint density at radius 3 is 3.15 bits per heavy atom. The lowest BCUT2D eigenvalue weighted by Crippen LogP contribution is -2.23. The summed E-state index contributed by atoms with van der Waals surface area (Å²) in [6, 6.07) is 9.06. The van der Waals surface area contributed by atoms with E-state index in [1.807, 2.05) is 6.20 Å². The molecule has 1 aliphatic heterocycles. The van der Waals surface area contributed by atoms with E-state index >= 15 is 0 Å². The van der Waals surface area contributed by atoms with Crippen molar-refractivity contribution in [3.63, 3.8) is 0 Å². The molecule has 0 spiro atoms. The van der Waals surface area contributed by atoms with Gasteiger partial charge in [-0.1, -0.05) is 25.1 Å². The number of hydrogen-bond donors (Lipinski definition) is 2. The zero-order chi connectivity index (χ0) is 13.8. The van der Waals surface area contributed by atoms with E-state index in [1.54, 1.807) is 11.3 Å². The highest BCUT2D eigenvalue weighted by molar-refractivity contribution is 7.09. The third kappa shape index (κ3) is 2.86. The lowest BCUT2D eigenvalue weighted by molar-refractivity contribution is 0.491. The lowest BCUT2D eigenvalue weighted by atomic mass is 9.98. The van der Waals surface area contributed by atoms with Crippen LogP contribution in [-0.4, -0.2) is 18.1 Å². The number of fused-ring (bicyclic) bond motifs is 1. The van der Waals surface area contributed by atoms with Gasteiger partial charge in [0.1, 0.15) is 5.01 Å². The molecule has 3 nitrogen and oxygen atoms in total. The van der Waals surface area contributed by atoms with Gasteiger partial charge in [0.2, 0.25) is 0 Å².